The molecule has 2 N–H and O–H groups in total. The predicted molar refractivity (Wildman–Crippen MR) is 69.8 cm³/mol. The number of aromatic amines is 1. The molecule has 7 nitrogen and oxygen atoms in total. The Labute approximate surface area is 109 Å². The van der Waals surface area contributed by atoms with Gasteiger partial charge in [-0.05, 0) is 35.0 Å². The number of aryl methyl sites for hydroxylation is 1. The van der Waals surface area contributed by atoms with E-state index in [1.165, 1.54) is 0 Å². The summed E-state index contributed by atoms with van der Waals surface area (Å²) >= 11 is 0. The van der Waals surface area contributed by atoms with E-state index >= 15 is 0 Å². The van der Waals surface area contributed by atoms with E-state index in [-0.39, 0.29) is 0 Å². The number of benzene rings is 1. The molecule has 96 valence electrons. The van der Waals surface area contributed by atoms with Crippen LogP contribution in [0.15, 0.2) is 37.1 Å². The second-order valence-corrected chi connectivity index (χ2v) is 4.19. The Morgan fingerprint density at radius 1 is 1.37 bits per heavy atom. The second kappa shape index (κ2) is 4.89. The number of hydrogen-bond acceptors (Lipinski definition) is 5. The highest BCUT2D eigenvalue weighted by molar-refractivity contribution is 5.54. The molecule has 0 atom stereocenters. The molecule has 0 aliphatic carbocycles. The number of tetrazole rings is 1. The summed E-state index contributed by atoms with van der Waals surface area (Å²) < 4.78 is 1.65. The van der Waals surface area contributed by atoms with Gasteiger partial charge in [0.1, 0.15) is 6.33 Å². The molecule has 0 fully saturated rings. The van der Waals surface area contributed by atoms with Crippen molar-refractivity contribution in [2.75, 3.05) is 5.32 Å². The fourth-order valence-corrected chi connectivity index (χ4v) is 1.82. The second-order valence-electron chi connectivity index (χ2n) is 4.19. The summed E-state index contributed by atoms with van der Waals surface area (Å²) in [6.45, 7) is 2.72. The van der Waals surface area contributed by atoms with E-state index in [1.807, 2.05) is 25.1 Å². The van der Waals surface area contributed by atoms with Gasteiger partial charge in [-0.2, -0.15) is 0 Å². The van der Waals surface area contributed by atoms with Crippen LogP contribution >= 0.6 is 0 Å². The van der Waals surface area contributed by atoms with Crippen molar-refractivity contribution in [1.29, 1.82) is 0 Å². The average Bonchev–Trinajstić information content (AvgIpc) is 3.11. The number of H-pyrrole nitrogens is 1. The minimum atomic E-state index is 0.693. The highest BCUT2D eigenvalue weighted by Crippen LogP contribution is 2.18. The van der Waals surface area contributed by atoms with E-state index in [1.54, 1.807) is 23.5 Å². The fourth-order valence-electron chi connectivity index (χ4n) is 1.82. The van der Waals surface area contributed by atoms with Crippen LogP contribution in [-0.2, 0) is 6.54 Å². The van der Waals surface area contributed by atoms with Gasteiger partial charge in [-0.3, -0.25) is 0 Å². The summed E-state index contributed by atoms with van der Waals surface area (Å²) in [5.41, 5.74) is 4.11. The highest BCUT2D eigenvalue weighted by atomic mass is 15.5. The Bertz CT molecular complexity index is 643. The summed E-state index contributed by atoms with van der Waals surface area (Å²) in [5, 5.41) is 14.5. The topological polar surface area (TPSA) is 84.3 Å². The van der Waals surface area contributed by atoms with Gasteiger partial charge in [-0.15, -0.1) is 5.10 Å². The average molecular weight is 255 g/mol. The van der Waals surface area contributed by atoms with Gasteiger partial charge in [0.15, 0.2) is 0 Å². The van der Waals surface area contributed by atoms with E-state index < -0.39 is 0 Å². The minimum Gasteiger partial charge on any atom is -0.379 e. The van der Waals surface area contributed by atoms with Crippen LogP contribution in [0.3, 0.4) is 0 Å². The van der Waals surface area contributed by atoms with Crippen molar-refractivity contribution in [1.82, 2.24) is 30.2 Å². The number of nitrogens with one attached hydrogen (secondary N) is 2. The molecule has 0 aliphatic rings. The molecular weight excluding hydrogens is 242 g/mol. The third kappa shape index (κ3) is 2.44. The lowest BCUT2D eigenvalue weighted by Crippen LogP contribution is -2.03. The van der Waals surface area contributed by atoms with Crippen LogP contribution in [0.1, 0.15) is 11.3 Å². The monoisotopic (exact) mass is 255 g/mol. The van der Waals surface area contributed by atoms with Gasteiger partial charge in [0, 0.05) is 11.9 Å². The van der Waals surface area contributed by atoms with E-state index in [9.17, 15) is 0 Å². The van der Waals surface area contributed by atoms with Crippen molar-refractivity contribution in [3.63, 3.8) is 0 Å². The summed E-state index contributed by atoms with van der Waals surface area (Å²) in [6, 6.07) is 6.08. The van der Waals surface area contributed by atoms with Crippen molar-refractivity contribution >= 4 is 5.69 Å². The number of aromatic nitrogens is 6. The zero-order chi connectivity index (χ0) is 13.1. The lowest BCUT2D eigenvalue weighted by Gasteiger charge is -2.09. The Balaban J connectivity index is 1.81. The number of hydrogen-bond donors (Lipinski definition) is 2. The van der Waals surface area contributed by atoms with Gasteiger partial charge in [0.05, 0.1) is 24.3 Å². The molecule has 0 amide bonds. The first-order valence-corrected chi connectivity index (χ1v) is 5.88. The van der Waals surface area contributed by atoms with Gasteiger partial charge in [-0.25, -0.2) is 9.67 Å². The lowest BCUT2D eigenvalue weighted by atomic mass is 10.2. The van der Waals surface area contributed by atoms with Gasteiger partial charge < -0.3 is 10.3 Å². The van der Waals surface area contributed by atoms with Crippen molar-refractivity contribution in [2.24, 2.45) is 0 Å². The maximum absolute atomic E-state index is 3.98. The Morgan fingerprint density at radius 2 is 2.32 bits per heavy atom. The Kier molecular flexibility index (Phi) is 2.93. The zero-order valence-electron chi connectivity index (χ0n) is 10.4. The number of anilines is 1. The smallest absolute Gasteiger partial charge is 0.143 e. The van der Waals surface area contributed by atoms with E-state index in [4.69, 9.17) is 0 Å². The van der Waals surface area contributed by atoms with Gasteiger partial charge in [-0.1, -0.05) is 6.07 Å². The van der Waals surface area contributed by atoms with Crippen molar-refractivity contribution in [3.05, 3.63) is 48.3 Å². The molecule has 1 aromatic carbocycles. The van der Waals surface area contributed by atoms with Crippen molar-refractivity contribution in [2.45, 2.75) is 13.5 Å². The molecule has 0 saturated heterocycles. The van der Waals surface area contributed by atoms with Crippen LogP contribution in [0.4, 0.5) is 5.69 Å². The Hall–Kier alpha value is -2.70. The first-order chi connectivity index (χ1) is 9.33. The molecule has 2 aromatic heterocycles. The molecule has 0 saturated carbocycles. The van der Waals surface area contributed by atoms with E-state index in [2.05, 4.69) is 30.8 Å². The highest BCUT2D eigenvalue weighted by Gasteiger charge is 2.04. The first-order valence-electron chi connectivity index (χ1n) is 5.88. The Morgan fingerprint density at radius 3 is 3.05 bits per heavy atom. The zero-order valence-corrected chi connectivity index (χ0v) is 10.4. The van der Waals surface area contributed by atoms with Gasteiger partial charge in [0.25, 0.3) is 0 Å². The maximum Gasteiger partial charge on any atom is 0.143 e. The first kappa shape index (κ1) is 11.4. The van der Waals surface area contributed by atoms with Crippen LogP contribution in [0.25, 0.3) is 5.69 Å². The van der Waals surface area contributed by atoms with Crippen LogP contribution < -0.4 is 5.32 Å². The molecule has 19 heavy (non-hydrogen) atoms. The van der Waals surface area contributed by atoms with Crippen LogP contribution in [0.2, 0.25) is 0 Å². The van der Waals surface area contributed by atoms with Gasteiger partial charge in [0.2, 0.25) is 0 Å². The molecule has 0 unspecified atom stereocenters. The predicted octanol–water partition coefficient (Wildman–Crippen LogP) is 1.31. The SMILES string of the molecule is Cc1ccc(NCc2cnc[nH]2)cc1-n1cnnn1. The molecular formula is C12H13N7. The van der Waals surface area contributed by atoms with Crippen molar-refractivity contribution in [3.8, 4) is 5.69 Å². The summed E-state index contributed by atoms with van der Waals surface area (Å²) in [5.74, 6) is 0. The largest absolute Gasteiger partial charge is 0.379 e. The number of rotatable bonds is 4. The molecule has 7 heteroatoms. The van der Waals surface area contributed by atoms with Crippen molar-refractivity contribution < 1.29 is 0 Å². The molecule has 3 aromatic rings. The lowest BCUT2D eigenvalue weighted by molar-refractivity contribution is 0.785. The third-order valence-electron chi connectivity index (χ3n) is 2.84. The summed E-state index contributed by atoms with van der Waals surface area (Å²) in [4.78, 5) is 7.03. The number of imidazole rings is 1. The molecule has 0 radical (unpaired) electrons. The normalized spacial score (nSPS) is 10.6. The quantitative estimate of drug-likeness (QED) is 0.734. The molecule has 0 bridgehead atoms. The summed E-state index contributed by atoms with van der Waals surface area (Å²) in [7, 11) is 0. The van der Waals surface area contributed by atoms with Crippen LogP contribution in [-0.4, -0.2) is 30.2 Å². The van der Waals surface area contributed by atoms with E-state index in [0.29, 0.717) is 6.54 Å². The maximum atomic E-state index is 3.98. The fraction of sp³-hybridized carbons (Fsp3) is 0.167. The van der Waals surface area contributed by atoms with Crippen LogP contribution in [0.5, 0.6) is 0 Å². The number of nitrogens with zero attached hydrogens (tertiary/aromatic N) is 5. The summed E-state index contributed by atoms with van der Waals surface area (Å²) in [6.07, 6.45) is 5.04. The molecule has 2 heterocycles. The van der Waals surface area contributed by atoms with Crippen LogP contribution in [0, 0.1) is 6.92 Å². The van der Waals surface area contributed by atoms with E-state index in [0.717, 1.165) is 22.6 Å². The standard InChI is InChI=1S/C12H13N7/c1-9-2-3-10(14-6-11-5-13-7-15-11)4-12(9)19-8-16-17-18-19/h2-5,7-8,14H,6H2,1H3,(H,13,15). The third-order valence-corrected chi connectivity index (χ3v) is 2.84. The molecule has 0 spiro atoms. The molecule has 0 aliphatic heterocycles. The minimum absolute atomic E-state index is 0.693. The van der Waals surface area contributed by atoms with Gasteiger partial charge >= 0.3 is 0 Å². The molecule has 3 rings (SSSR count).